The van der Waals surface area contributed by atoms with Crippen LogP contribution in [-0.4, -0.2) is 6.54 Å². The van der Waals surface area contributed by atoms with Crippen molar-refractivity contribution in [2.75, 3.05) is 6.54 Å². The average Bonchev–Trinajstić information content (AvgIpc) is 3.00. The molecular formula is C14H15NS3. The van der Waals surface area contributed by atoms with Crippen LogP contribution in [0.4, 0.5) is 0 Å². The molecule has 0 spiro atoms. The largest absolute Gasteiger partial charge is 0.306 e. The van der Waals surface area contributed by atoms with Gasteiger partial charge in [-0.25, -0.2) is 0 Å². The Morgan fingerprint density at radius 1 is 1.22 bits per heavy atom. The van der Waals surface area contributed by atoms with E-state index in [9.17, 15) is 0 Å². The summed E-state index contributed by atoms with van der Waals surface area (Å²) in [5.74, 6) is 0. The van der Waals surface area contributed by atoms with Crippen LogP contribution in [0.25, 0.3) is 9.40 Å². The van der Waals surface area contributed by atoms with E-state index >= 15 is 0 Å². The number of hydrogen-bond donors (Lipinski definition) is 1. The minimum Gasteiger partial charge on any atom is -0.306 e. The standard InChI is InChI=1S/C14H15NS3/c1-3-15-14(10-6-9(2)17-8-10)13-7-12-11(18-13)4-5-16-12/h4-8,14-15H,3H2,1-2H3. The predicted octanol–water partition coefficient (Wildman–Crippen LogP) is 5.03. The third-order valence-electron chi connectivity index (χ3n) is 2.94. The molecule has 0 amide bonds. The summed E-state index contributed by atoms with van der Waals surface area (Å²) in [5, 5.41) is 8.04. The van der Waals surface area contributed by atoms with Crippen LogP contribution in [0, 0.1) is 6.92 Å². The fourth-order valence-corrected chi connectivity index (χ4v) is 5.08. The highest BCUT2D eigenvalue weighted by Crippen LogP contribution is 2.36. The second-order valence-corrected chi connectivity index (χ2v) is 7.46. The van der Waals surface area contributed by atoms with Crippen LogP contribution in [0.15, 0.2) is 29.0 Å². The number of fused-ring (bicyclic) bond motifs is 1. The Morgan fingerprint density at radius 2 is 2.11 bits per heavy atom. The highest BCUT2D eigenvalue weighted by atomic mass is 32.1. The zero-order chi connectivity index (χ0) is 12.5. The summed E-state index contributed by atoms with van der Waals surface area (Å²) in [4.78, 5) is 2.81. The number of rotatable bonds is 4. The van der Waals surface area contributed by atoms with E-state index in [1.54, 1.807) is 0 Å². The first-order valence-electron chi connectivity index (χ1n) is 6.03. The fourth-order valence-electron chi connectivity index (χ4n) is 2.13. The SMILES string of the molecule is CCNC(c1csc(C)c1)c1cc2sccc2s1. The Labute approximate surface area is 119 Å². The molecule has 1 atom stereocenters. The third-order valence-corrected chi connectivity index (χ3v) is 5.97. The molecule has 0 radical (unpaired) electrons. The van der Waals surface area contributed by atoms with Crippen LogP contribution in [0.1, 0.15) is 28.3 Å². The Kier molecular flexibility index (Phi) is 3.52. The minimum absolute atomic E-state index is 0.351. The summed E-state index contributed by atoms with van der Waals surface area (Å²) in [6.07, 6.45) is 0. The van der Waals surface area contributed by atoms with Gasteiger partial charge in [-0.1, -0.05) is 6.92 Å². The molecule has 3 aromatic heterocycles. The van der Waals surface area contributed by atoms with Crippen LogP contribution >= 0.6 is 34.0 Å². The van der Waals surface area contributed by atoms with E-state index in [1.165, 1.54) is 24.7 Å². The molecule has 3 heterocycles. The van der Waals surface area contributed by atoms with Gasteiger partial charge in [0.1, 0.15) is 0 Å². The zero-order valence-corrected chi connectivity index (χ0v) is 12.8. The summed E-state index contributed by atoms with van der Waals surface area (Å²) in [5.41, 5.74) is 1.40. The van der Waals surface area contributed by atoms with Gasteiger partial charge in [-0.15, -0.1) is 34.0 Å². The lowest BCUT2D eigenvalue weighted by atomic mass is 10.1. The first kappa shape index (κ1) is 12.4. The number of thiophene rings is 3. The second-order valence-electron chi connectivity index (χ2n) is 4.28. The molecule has 0 aromatic carbocycles. The highest BCUT2D eigenvalue weighted by molar-refractivity contribution is 7.27. The van der Waals surface area contributed by atoms with Crippen molar-refractivity contribution in [3.05, 3.63) is 44.3 Å². The van der Waals surface area contributed by atoms with Crippen molar-refractivity contribution >= 4 is 43.4 Å². The third kappa shape index (κ3) is 2.26. The van der Waals surface area contributed by atoms with Gasteiger partial charge in [-0.2, -0.15) is 0 Å². The van der Waals surface area contributed by atoms with E-state index in [0.29, 0.717) is 6.04 Å². The van der Waals surface area contributed by atoms with Gasteiger partial charge in [0.15, 0.2) is 0 Å². The molecule has 0 aliphatic carbocycles. The molecule has 0 fully saturated rings. The second kappa shape index (κ2) is 5.13. The molecule has 3 rings (SSSR count). The molecule has 1 unspecified atom stereocenters. The van der Waals surface area contributed by atoms with E-state index in [2.05, 4.69) is 48.1 Å². The maximum absolute atomic E-state index is 3.60. The quantitative estimate of drug-likeness (QED) is 0.711. The van der Waals surface area contributed by atoms with E-state index < -0.39 is 0 Å². The molecule has 94 valence electrons. The van der Waals surface area contributed by atoms with E-state index in [-0.39, 0.29) is 0 Å². The smallest absolute Gasteiger partial charge is 0.0679 e. The first-order valence-corrected chi connectivity index (χ1v) is 8.61. The summed E-state index contributed by atoms with van der Waals surface area (Å²) < 4.78 is 2.81. The number of aryl methyl sites for hydroxylation is 1. The first-order chi connectivity index (χ1) is 8.78. The lowest BCUT2D eigenvalue weighted by Crippen LogP contribution is -2.20. The molecule has 18 heavy (non-hydrogen) atoms. The molecule has 4 heteroatoms. The van der Waals surface area contributed by atoms with Gasteiger partial charge in [0.05, 0.1) is 6.04 Å². The number of nitrogens with one attached hydrogen (secondary N) is 1. The molecule has 1 N–H and O–H groups in total. The highest BCUT2D eigenvalue weighted by Gasteiger charge is 2.17. The van der Waals surface area contributed by atoms with Gasteiger partial charge in [-0.05, 0) is 48.0 Å². The monoisotopic (exact) mass is 293 g/mol. The average molecular weight is 293 g/mol. The van der Waals surface area contributed by atoms with Gasteiger partial charge in [0.25, 0.3) is 0 Å². The molecule has 0 bridgehead atoms. The van der Waals surface area contributed by atoms with Crippen LogP contribution in [-0.2, 0) is 0 Å². The summed E-state index contributed by atoms with van der Waals surface area (Å²) in [6, 6.07) is 7.21. The van der Waals surface area contributed by atoms with Crippen LogP contribution in [0.3, 0.4) is 0 Å². The minimum atomic E-state index is 0.351. The predicted molar refractivity (Wildman–Crippen MR) is 84.3 cm³/mol. The van der Waals surface area contributed by atoms with Gasteiger partial charge < -0.3 is 5.32 Å². The van der Waals surface area contributed by atoms with Crippen LogP contribution in [0.5, 0.6) is 0 Å². The van der Waals surface area contributed by atoms with Crippen molar-refractivity contribution in [2.45, 2.75) is 19.9 Å². The summed E-state index contributed by atoms with van der Waals surface area (Å²) in [7, 11) is 0. The topological polar surface area (TPSA) is 12.0 Å². The molecule has 0 aliphatic rings. The fraction of sp³-hybridized carbons (Fsp3) is 0.286. The van der Waals surface area contributed by atoms with Gasteiger partial charge in [0, 0.05) is 19.2 Å². The van der Waals surface area contributed by atoms with Crippen LogP contribution < -0.4 is 5.32 Å². The Morgan fingerprint density at radius 3 is 2.78 bits per heavy atom. The van der Waals surface area contributed by atoms with E-state index in [1.807, 2.05) is 34.0 Å². The summed E-state index contributed by atoms with van der Waals surface area (Å²) >= 11 is 5.57. The molecule has 1 nitrogen and oxygen atoms in total. The molecule has 3 aromatic rings. The Balaban J connectivity index is 2.00. The molecule has 0 aliphatic heterocycles. The molecule has 0 saturated carbocycles. The van der Waals surface area contributed by atoms with Crippen molar-refractivity contribution < 1.29 is 0 Å². The van der Waals surface area contributed by atoms with Gasteiger partial charge in [0.2, 0.25) is 0 Å². The summed E-state index contributed by atoms with van der Waals surface area (Å²) in [6.45, 7) is 5.33. The van der Waals surface area contributed by atoms with Crippen molar-refractivity contribution in [1.82, 2.24) is 5.32 Å². The Hall–Kier alpha value is -0.680. The van der Waals surface area contributed by atoms with Crippen LogP contribution in [0.2, 0.25) is 0 Å². The number of hydrogen-bond acceptors (Lipinski definition) is 4. The van der Waals surface area contributed by atoms with E-state index in [4.69, 9.17) is 0 Å². The normalized spacial score (nSPS) is 13.2. The van der Waals surface area contributed by atoms with Crippen molar-refractivity contribution in [3.63, 3.8) is 0 Å². The maximum atomic E-state index is 3.60. The zero-order valence-electron chi connectivity index (χ0n) is 10.4. The maximum Gasteiger partial charge on any atom is 0.0679 e. The van der Waals surface area contributed by atoms with Gasteiger partial charge >= 0.3 is 0 Å². The molecule has 0 saturated heterocycles. The van der Waals surface area contributed by atoms with E-state index in [0.717, 1.165) is 6.54 Å². The van der Waals surface area contributed by atoms with Crippen molar-refractivity contribution in [1.29, 1.82) is 0 Å². The van der Waals surface area contributed by atoms with Crippen molar-refractivity contribution in [2.24, 2.45) is 0 Å². The Bertz CT molecular complexity index is 618. The lowest BCUT2D eigenvalue weighted by Gasteiger charge is -2.14. The lowest BCUT2D eigenvalue weighted by molar-refractivity contribution is 0.641. The van der Waals surface area contributed by atoms with Gasteiger partial charge in [-0.3, -0.25) is 0 Å². The van der Waals surface area contributed by atoms with Crippen molar-refractivity contribution in [3.8, 4) is 0 Å². The molecular weight excluding hydrogens is 278 g/mol.